The van der Waals surface area contributed by atoms with Crippen LogP contribution in [0.3, 0.4) is 0 Å². The molecular weight excluding hydrogens is 424 g/mol. The number of hydrogen-bond donors (Lipinski definition) is 1. The Morgan fingerprint density at radius 3 is 2.41 bits per heavy atom. The van der Waals surface area contributed by atoms with Gasteiger partial charge in [-0.15, -0.1) is 11.3 Å². The summed E-state index contributed by atoms with van der Waals surface area (Å²) in [7, 11) is 0. The fraction of sp³-hybridized carbons (Fsp3) is 0.250. The van der Waals surface area contributed by atoms with E-state index in [1.807, 2.05) is 18.2 Å². The summed E-state index contributed by atoms with van der Waals surface area (Å²) in [4.78, 5) is 47.3. The molecule has 0 spiro atoms. The van der Waals surface area contributed by atoms with E-state index in [0.29, 0.717) is 16.3 Å². The molecule has 0 bridgehead atoms. The van der Waals surface area contributed by atoms with Gasteiger partial charge in [0.1, 0.15) is 6.04 Å². The van der Waals surface area contributed by atoms with Gasteiger partial charge in [0.05, 0.1) is 16.8 Å². The van der Waals surface area contributed by atoms with Crippen molar-refractivity contribution in [3.05, 3.63) is 81.9 Å². The molecule has 32 heavy (non-hydrogen) atoms. The van der Waals surface area contributed by atoms with Gasteiger partial charge in [-0.3, -0.25) is 24.2 Å². The number of nitrogens with zero attached hydrogens (tertiary/aromatic N) is 3. The summed E-state index contributed by atoms with van der Waals surface area (Å²) in [5, 5.41) is 3.32. The number of carbonyl (C=O) groups is 3. The third-order valence-corrected chi connectivity index (χ3v) is 6.88. The molecule has 2 aromatic carbocycles. The summed E-state index contributed by atoms with van der Waals surface area (Å²) in [6, 6.07) is 16.0. The SMILES string of the molecule is CC(C(=O)Nc1nc2c(s1)CN(Cc1ccccc1)CC2)N1C(=O)c2ccccc2C1=O. The number of nitrogens with one attached hydrogen (secondary N) is 1. The Morgan fingerprint density at radius 1 is 1.06 bits per heavy atom. The Bertz CT molecular complexity index is 1170. The van der Waals surface area contributed by atoms with Crippen molar-refractivity contribution < 1.29 is 14.4 Å². The lowest BCUT2D eigenvalue weighted by atomic mass is 10.1. The molecular formula is C24H22N4O3S. The average Bonchev–Trinajstić information content (AvgIpc) is 3.31. The van der Waals surface area contributed by atoms with Crippen molar-refractivity contribution in [2.24, 2.45) is 0 Å². The van der Waals surface area contributed by atoms with Gasteiger partial charge >= 0.3 is 0 Å². The van der Waals surface area contributed by atoms with E-state index in [-0.39, 0.29) is 0 Å². The molecule has 2 aliphatic heterocycles. The molecule has 162 valence electrons. The largest absolute Gasteiger partial charge is 0.300 e. The molecule has 0 saturated carbocycles. The molecule has 1 unspecified atom stereocenters. The lowest BCUT2D eigenvalue weighted by molar-refractivity contribution is -0.119. The Morgan fingerprint density at radius 2 is 1.72 bits per heavy atom. The first-order valence-electron chi connectivity index (χ1n) is 10.5. The van der Waals surface area contributed by atoms with Crippen molar-refractivity contribution in [2.45, 2.75) is 32.5 Å². The molecule has 1 atom stereocenters. The molecule has 3 amide bonds. The number of imide groups is 1. The third-order valence-electron chi connectivity index (χ3n) is 5.88. The van der Waals surface area contributed by atoms with Crippen LogP contribution in [0, 0.1) is 0 Å². The molecule has 3 aromatic rings. The summed E-state index contributed by atoms with van der Waals surface area (Å²) in [6.07, 6.45) is 0.822. The quantitative estimate of drug-likeness (QED) is 0.608. The summed E-state index contributed by atoms with van der Waals surface area (Å²) in [6.45, 7) is 4.12. The summed E-state index contributed by atoms with van der Waals surface area (Å²) >= 11 is 1.45. The Hall–Kier alpha value is -3.36. The second kappa shape index (κ2) is 8.29. The van der Waals surface area contributed by atoms with Gasteiger partial charge in [-0.05, 0) is 24.6 Å². The van der Waals surface area contributed by atoms with E-state index in [0.717, 1.165) is 41.5 Å². The van der Waals surface area contributed by atoms with Crippen molar-refractivity contribution in [2.75, 3.05) is 11.9 Å². The van der Waals surface area contributed by atoms with E-state index >= 15 is 0 Å². The van der Waals surface area contributed by atoms with Gasteiger partial charge in [0.15, 0.2) is 5.13 Å². The van der Waals surface area contributed by atoms with E-state index in [9.17, 15) is 14.4 Å². The van der Waals surface area contributed by atoms with Gasteiger partial charge in [-0.1, -0.05) is 42.5 Å². The van der Waals surface area contributed by atoms with Gasteiger partial charge < -0.3 is 5.32 Å². The highest BCUT2D eigenvalue weighted by Gasteiger charge is 2.40. The zero-order valence-electron chi connectivity index (χ0n) is 17.6. The minimum absolute atomic E-state index is 0.334. The fourth-order valence-corrected chi connectivity index (χ4v) is 5.22. The molecule has 3 heterocycles. The lowest BCUT2D eigenvalue weighted by Gasteiger charge is -2.25. The van der Waals surface area contributed by atoms with Crippen LogP contribution < -0.4 is 5.32 Å². The molecule has 1 aromatic heterocycles. The predicted molar refractivity (Wildman–Crippen MR) is 121 cm³/mol. The number of benzene rings is 2. The number of aromatic nitrogens is 1. The van der Waals surface area contributed by atoms with E-state index in [2.05, 4.69) is 27.3 Å². The van der Waals surface area contributed by atoms with Crippen LogP contribution in [0.2, 0.25) is 0 Å². The molecule has 0 fully saturated rings. The standard InChI is InChI=1S/C24H22N4O3S/c1-15(28-22(30)17-9-5-6-10-18(17)23(28)31)21(29)26-24-25-19-11-12-27(14-20(19)32-24)13-16-7-3-2-4-8-16/h2-10,15H,11-14H2,1H3,(H,25,26,29). The first kappa shape index (κ1) is 20.5. The number of hydrogen-bond acceptors (Lipinski definition) is 6. The van der Waals surface area contributed by atoms with Gasteiger partial charge in [-0.2, -0.15) is 0 Å². The zero-order chi connectivity index (χ0) is 22.2. The number of fused-ring (bicyclic) bond motifs is 2. The van der Waals surface area contributed by atoms with Crippen LogP contribution >= 0.6 is 11.3 Å². The predicted octanol–water partition coefficient (Wildman–Crippen LogP) is 3.32. The second-order valence-corrected chi connectivity index (χ2v) is 9.11. The minimum atomic E-state index is -0.932. The number of amides is 3. The van der Waals surface area contributed by atoms with Crippen molar-refractivity contribution in [1.29, 1.82) is 0 Å². The number of rotatable bonds is 5. The van der Waals surface area contributed by atoms with Crippen molar-refractivity contribution in [1.82, 2.24) is 14.8 Å². The molecule has 0 saturated heterocycles. The molecule has 0 radical (unpaired) electrons. The molecule has 2 aliphatic rings. The van der Waals surface area contributed by atoms with Crippen LogP contribution in [-0.2, 0) is 24.3 Å². The molecule has 0 aliphatic carbocycles. The normalized spacial score (nSPS) is 16.6. The Kier molecular flexibility index (Phi) is 5.32. The smallest absolute Gasteiger partial charge is 0.262 e. The van der Waals surface area contributed by atoms with Crippen LogP contribution in [0.15, 0.2) is 54.6 Å². The molecule has 8 heteroatoms. The van der Waals surface area contributed by atoms with Gasteiger partial charge in [0, 0.05) is 30.9 Å². The van der Waals surface area contributed by atoms with Crippen LogP contribution in [0.1, 0.15) is 43.8 Å². The van der Waals surface area contributed by atoms with Gasteiger partial charge in [0.2, 0.25) is 5.91 Å². The molecule has 1 N–H and O–H groups in total. The first-order valence-corrected chi connectivity index (χ1v) is 11.4. The average molecular weight is 447 g/mol. The van der Waals surface area contributed by atoms with Crippen LogP contribution in [0.25, 0.3) is 0 Å². The fourth-order valence-electron chi connectivity index (χ4n) is 4.17. The highest BCUT2D eigenvalue weighted by atomic mass is 32.1. The van der Waals surface area contributed by atoms with Crippen molar-refractivity contribution in [3.63, 3.8) is 0 Å². The number of thiazole rings is 1. The van der Waals surface area contributed by atoms with Crippen molar-refractivity contribution in [3.8, 4) is 0 Å². The second-order valence-electron chi connectivity index (χ2n) is 8.03. The molecule has 5 rings (SSSR count). The van der Waals surface area contributed by atoms with E-state index in [4.69, 9.17) is 0 Å². The zero-order valence-corrected chi connectivity index (χ0v) is 18.4. The molecule has 7 nitrogen and oxygen atoms in total. The summed E-state index contributed by atoms with van der Waals surface area (Å²) in [5.41, 5.74) is 2.94. The van der Waals surface area contributed by atoms with Gasteiger partial charge in [0.25, 0.3) is 11.8 Å². The Balaban J connectivity index is 1.25. The summed E-state index contributed by atoms with van der Waals surface area (Å²) < 4.78 is 0. The van der Waals surface area contributed by atoms with Crippen LogP contribution in [-0.4, -0.2) is 45.1 Å². The van der Waals surface area contributed by atoms with E-state index in [1.165, 1.54) is 16.9 Å². The highest BCUT2D eigenvalue weighted by Crippen LogP contribution is 2.30. The maximum absolute atomic E-state index is 12.9. The van der Waals surface area contributed by atoms with E-state index < -0.39 is 23.8 Å². The number of carbonyl (C=O) groups excluding carboxylic acids is 3. The highest BCUT2D eigenvalue weighted by molar-refractivity contribution is 7.15. The number of anilines is 1. The maximum Gasteiger partial charge on any atom is 0.262 e. The van der Waals surface area contributed by atoms with Crippen molar-refractivity contribution >= 4 is 34.2 Å². The first-order chi connectivity index (χ1) is 15.5. The maximum atomic E-state index is 12.9. The van der Waals surface area contributed by atoms with Gasteiger partial charge in [-0.25, -0.2) is 4.98 Å². The monoisotopic (exact) mass is 446 g/mol. The third kappa shape index (κ3) is 3.72. The lowest BCUT2D eigenvalue weighted by Crippen LogP contribution is -2.45. The van der Waals surface area contributed by atoms with Crippen LogP contribution in [0.5, 0.6) is 0 Å². The van der Waals surface area contributed by atoms with E-state index in [1.54, 1.807) is 31.2 Å². The Labute approximate surface area is 189 Å². The summed E-state index contributed by atoms with van der Waals surface area (Å²) in [5.74, 6) is -1.31. The minimum Gasteiger partial charge on any atom is -0.300 e. The topological polar surface area (TPSA) is 82.6 Å². The van der Waals surface area contributed by atoms with Crippen LogP contribution in [0.4, 0.5) is 5.13 Å².